The van der Waals surface area contributed by atoms with E-state index in [1.807, 2.05) is 0 Å². The van der Waals surface area contributed by atoms with Gasteiger partial charge in [-0.3, -0.25) is 4.90 Å². The van der Waals surface area contributed by atoms with Gasteiger partial charge in [-0.05, 0) is 6.07 Å². The lowest BCUT2D eigenvalue weighted by Crippen LogP contribution is -2.38. The van der Waals surface area contributed by atoms with Crippen molar-refractivity contribution >= 4 is 6.09 Å². The lowest BCUT2D eigenvalue weighted by atomic mass is 10.2. The van der Waals surface area contributed by atoms with E-state index < -0.39 is 6.09 Å². The number of rotatable bonds is 3. The van der Waals surface area contributed by atoms with Gasteiger partial charge < -0.3 is 10.5 Å². The van der Waals surface area contributed by atoms with Crippen molar-refractivity contribution in [3.8, 4) is 0 Å². The highest BCUT2D eigenvalue weighted by Gasteiger charge is 2.32. The van der Waals surface area contributed by atoms with Gasteiger partial charge in [0.15, 0.2) is 0 Å². The van der Waals surface area contributed by atoms with E-state index in [1.165, 1.54) is 11.0 Å². The van der Waals surface area contributed by atoms with E-state index in [1.54, 1.807) is 18.2 Å². The lowest BCUT2D eigenvalue weighted by molar-refractivity contribution is 0.156. The highest BCUT2D eigenvalue weighted by Crippen LogP contribution is 2.17. The molecule has 0 bridgehead atoms. The SMILES string of the molecule is NCC1COC(=O)N1Cc1ccccc1F. The predicted octanol–water partition coefficient (Wildman–Crippen LogP) is 1.11. The Hall–Kier alpha value is -1.62. The number of benzene rings is 1. The van der Waals surface area contributed by atoms with Crippen LogP contribution in [0.4, 0.5) is 9.18 Å². The largest absolute Gasteiger partial charge is 0.447 e. The first-order valence-electron chi connectivity index (χ1n) is 5.09. The Morgan fingerprint density at radius 3 is 2.94 bits per heavy atom. The van der Waals surface area contributed by atoms with Crippen LogP contribution in [0.1, 0.15) is 5.56 Å². The van der Waals surface area contributed by atoms with Crippen LogP contribution in [0.3, 0.4) is 0 Å². The summed E-state index contributed by atoms with van der Waals surface area (Å²) < 4.78 is 18.3. The first kappa shape index (κ1) is 10.9. The van der Waals surface area contributed by atoms with Gasteiger partial charge in [0.2, 0.25) is 0 Å². The summed E-state index contributed by atoms with van der Waals surface area (Å²) in [5.41, 5.74) is 5.98. The third kappa shape index (κ3) is 1.99. The number of amides is 1. The van der Waals surface area contributed by atoms with Crippen LogP contribution in [0.15, 0.2) is 24.3 Å². The monoisotopic (exact) mass is 224 g/mol. The number of halogens is 1. The van der Waals surface area contributed by atoms with E-state index >= 15 is 0 Å². The molecule has 1 aliphatic heterocycles. The van der Waals surface area contributed by atoms with Crippen LogP contribution in [0.25, 0.3) is 0 Å². The van der Waals surface area contributed by atoms with Gasteiger partial charge in [-0.15, -0.1) is 0 Å². The van der Waals surface area contributed by atoms with Gasteiger partial charge >= 0.3 is 6.09 Å². The molecule has 1 fully saturated rings. The van der Waals surface area contributed by atoms with Crippen molar-refractivity contribution < 1.29 is 13.9 Å². The summed E-state index contributed by atoms with van der Waals surface area (Å²) in [4.78, 5) is 12.8. The molecule has 86 valence electrons. The molecule has 1 aromatic rings. The molecule has 1 aromatic carbocycles. The van der Waals surface area contributed by atoms with E-state index in [4.69, 9.17) is 10.5 Å². The van der Waals surface area contributed by atoms with Crippen LogP contribution in [0.5, 0.6) is 0 Å². The van der Waals surface area contributed by atoms with E-state index in [0.717, 1.165) is 0 Å². The highest BCUT2D eigenvalue weighted by atomic mass is 19.1. The predicted molar refractivity (Wildman–Crippen MR) is 56.1 cm³/mol. The smallest absolute Gasteiger partial charge is 0.410 e. The number of cyclic esters (lactones) is 1. The Balaban J connectivity index is 2.14. The molecule has 0 aromatic heterocycles. The van der Waals surface area contributed by atoms with Gasteiger partial charge in [0.1, 0.15) is 12.4 Å². The summed E-state index contributed by atoms with van der Waals surface area (Å²) in [6, 6.07) is 6.20. The number of hydrogen-bond acceptors (Lipinski definition) is 3. The average molecular weight is 224 g/mol. The molecule has 4 nitrogen and oxygen atoms in total. The molecule has 5 heteroatoms. The minimum Gasteiger partial charge on any atom is -0.447 e. The maximum atomic E-state index is 13.4. The van der Waals surface area contributed by atoms with Crippen molar-refractivity contribution in [2.75, 3.05) is 13.2 Å². The number of ether oxygens (including phenoxy) is 1. The topological polar surface area (TPSA) is 55.6 Å². The minimum atomic E-state index is -0.432. The molecule has 1 heterocycles. The molecule has 1 unspecified atom stereocenters. The molecule has 1 saturated heterocycles. The van der Waals surface area contributed by atoms with E-state index in [-0.39, 0.29) is 25.0 Å². The second kappa shape index (κ2) is 4.49. The Labute approximate surface area is 92.8 Å². The molecule has 0 saturated carbocycles. The molecule has 0 radical (unpaired) electrons. The van der Waals surface area contributed by atoms with E-state index in [0.29, 0.717) is 12.1 Å². The fourth-order valence-electron chi connectivity index (χ4n) is 1.69. The maximum absolute atomic E-state index is 13.4. The molecule has 2 N–H and O–H groups in total. The summed E-state index contributed by atoms with van der Waals surface area (Å²) in [5, 5.41) is 0. The summed E-state index contributed by atoms with van der Waals surface area (Å²) in [7, 11) is 0. The lowest BCUT2D eigenvalue weighted by Gasteiger charge is -2.20. The number of nitrogens with two attached hydrogens (primary N) is 1. The van der Waals surface area contributed by atoms with Gasteiger partial charge in [0.05, 0.1) is 12.6 Å². The average Bonchev–Trinajstić information content (AvgIpc) is 2.63. The Bertz CT molecular complexity index is 397. The quantitative estimate of drug-likeness (QED) is 0.836. The summed E-state index contributed by atoms with van der Waals surface area (Å²) in [5.74, 6) is -0.321. The third-order valence-corrected chi connectivity index (χ3v) is 2.65. The molecular weight excluding hydrogens is 211 g/mol. The zero-order chi connectivity index (χ0) is 11.5. The van der Waals surface area contributed by atoms with Gasteiger partial charge in [-0.25, -0.2) is 9.18 Å². The minimum absolute atomic E-state index is 0.160. The Kier molecular flexibility index (Phi) is 3.05. The number of nitrogens with zero attached hydrogens (tertiary/aromatic N) is 1. The molecule has 0 aliphatic carbocycles. The number of hydrogen-bond donors (Lipinski definition) is 1. The van der Waals surface area contributed by atoms with Crippen molar-refractivity contribution in [3.05, 3.63) is 35.6 Å². The van der Waals surface area contributed by atoms with Crippen LogP contribution in [0.2, 0.25) is 0 Å². The van der Waals surface area contributed by atoms with Crippen LogP contribution < -0.4 is 5.73 Å². The molecular formula is C11H13FN2O2. The second-order valence-corrected chi connectivity index (χ2v) is 3.69. The summed E-state index contributed by atoms with van der Waals surface area (Å²) in [6.45, 7) is 0.803. The Morgan fingerprint density at radius 1 is 1.50 bits per heavy atom. The highest BCUT2D eigenvalue weighted by molar-refractivity contribution is 5.70. The fraction of sp³-hybridized carbons (Fsp3) is 0.364. The normalized spacial score (nSPS) is 20.0. The maximum Gasteiger partial charge on any atom is 0.410 e. The molecule has 2 rings (SSSR count). The molecule has 1 amide bonds. The Morgan fingerprint density at radius 2 is 2.25 bits per heavy atom. The van der Waals surface area contributed by atoms with Gasteiger partial charge in [-0.1, -0.05) is 18.2 Å². The standard InChI is InChI=1S/C11H13FN2O2/c12-10-4-2-1-3-8(10)6-14-9(5-13)7-16-11(14)15/h1-4,9H,5-7,13H2. The van der Waals surface area contributed by atoms with Crippen LogP contribution in [0, 0.1) is 5.82 Å². The summed E-state index contributed by atoms with van der Waals surface area (Å²) >= 11 is 0. The second-order valence-electron chi connectivity index (χ2n) is 3.69. The molecule has 1 atom stereocenters. The first-order chi connectivity index (χ1) is 7.72. The van der Waals surface area contributed by atoms with Crippen LogP contribution in [-0.4, -0.2) is 30.2 Å². The van der Waals surface area contributed by atoms with Crippen molar-refractivity contribution in [2.45, 2.75) is 12.6 Å². The van der Waals surface area contributed by atoms with E-state index in [2.05, 4.69) is 0 Å². The van der Waals surface area contributed by atoms with Crippen molar-refractivity contribution in [3.63, 3.8) is 0 Å². The van der Waals surface area contributed by atoms with Crippen LogP contribution >= 0.6 is 0 Å². The van der Waals surface area contributed by atoms with Crippen LogP contribution in [-0.2, 0) is 11.3 Å². The van der Waals surface area contributed by atoms with Gasteiger partial charge in [0.25, 0.3) is 0 Å². The van der Waals surface area contributed by atoms with Crippen molar-refractivity contribution in [2.24, 2.45) is 5.73 Å². The summed E-state index contributed by atoms with van der Waals surface area (Å²) in [6.07, 6.45) is -0.432. The van der Waals surface area contributed by atoms with Gasteiger partial charge in [-0.2, -0.15) is 0 Å². The van der Waals surface area contributed by atoms with E-state index in [9.17, 15) is 9.18 Å². The molecule has 1 aliphatic rings. The number of carbonyl (C=O) groups excluding carboxylic acids is 1. The zero-order valence-electron chi connectivity index (χ0n) is 8.73. The molecule has 16 heavy (non-hydrogen) atoms. The zero-order valence-corrected chi connectivity index (χ0v) is 8.73. The van der Waals surface area contributed by atoms with Crippen molar-refractivity contribution in [1.82, 2.24) is 4.90 Å². The first-order valence-corrected chi connectivity index (χ1v) is 5.09. The fourth-order valence-corrected chi connectivity index (χ4v) is 1.69. The van der Waals surface area contributed by atoms with Gasteiger partial charge in [0, 0.05) is 12.1 Å². The molecule has 0 spiro atoms. The third-order valence-electron chi connectivity index (χ3n) is 2.65. The van der Waals surface area contributed by atoms with Crippen molar-refractivity contribution in [1.29, 1.82) is 0 Å². The number of carbonyl (C=O) groups is 1.